The monoisotopic (exact) mass is 449 g/mol. The van der Waals surface area contributed by atoms with Gasteiger partial charge in [0, 0.05) is 48.1 Å². The standard InChI is InChI=1S/C26H31N3O4/c1-4-33-19-12-18-7-9-26(13-19,23-6-5-17(14-28-23)25(30)31)29(18)15-21-20-8-10-27-24(20)16(2)11-22(21)32-3/h5-6,8,10-11,14,18-19,27H,4,7,9,12-13,15H2,1-3H3,(H,30,31)/t18-,19+,26?/m0/s1. The van der Waals surface area contributed by atoms with Crippen LogP contribution in [0.1, 0.15) is 59.8 Å². The number of carboxylic acids is 1. The van der Waals surface area contributed by atoms with Crippen LogP contribution < -0.4 is 4.74 Å². The number of rotatable bonds is 7. The van der Waals surface area contributed by atoms with Crippen molar-refractivity contribution in [3.05, 3.63) is 59.0 Å². The Hall–Kier alpha value is -2.90. The van der Waals surface area contributed by atoms with Gasteiger partial charge in [0.1, 0.15) is 5.75 Å². The van der Waals surface area contributed by atoms with Crippen molar-refractivity contribution in [3.8, 4) is 5.75 Å². The summed E-state index contributed by atoms with van der Waals surface area (Å²) in [4.78, 5) is 22.0. The molecule has 0 radical (unpaired) electrons. The molecule has 2 aromatic heterocycles. The highest BCUT2D eigenvalue weighted by Gasteiger charge is 2.53. The van der Waals surface area contributed by atoms with Crippen molar-refractivity contribution >= 4 is 16.9 Å². The number of H-pyrrole nitrogens is 1. The number of hydrogen-bond acceptors (Lipinski definition) is 5. The van der Waals surface area contributed by atoms with E-state index in [-0.39, 0.29) is 17.2 Å². The zero-order valence-electron chi connectivity index (χ0n) is 19.4. The van der Waals surface area contributed by atoms with Crippen molar-refractivity contribution in [2.45, 2.75) is 63.8 Å². The molecule has 7 heteroatoms. The first kappa shape index (κ1) is 21.9. The van der Waals surface area contributed by atoms with Crippen LogP contribution in [0.3, 0.4) is 0 Å². The second kappa shape index (κ2) is 8.47. The number of hydrogen-bond donors (Lipinski definition) is 2. The van der Waals surface area contributed by atoms with Crippen LogP contribution in [0.5, 0.6) is 5.75 Å². The fraction of sp³-hybridized carbons (Fsp3) is 0.462. The van der Waals surface area contributed by atoms with Gasteiger partial charge in [-0.05, 0) is 69.4 Å². The van der Waals surface area contributed by atoms with E-state index in [1.807, 2.05) is 19.2 Å². The predicted molar refractivity (Wildman–Crippen MR) is 126 cm³/mol. The molecule has 2 aliphatic rings. The van der Waals surface area contributed by atoms with E-state index < -0.39 is 5.97 Å². The van der Waals surface area contributed by atoms with Crippen LogP contribution >= 0.6 is 0 Å². The Morgan fingerprint density at radius 3 is 2.91 bits per heavy atom. The number of fused-ring (bicyclic) bond motifs is 3. The number of ether oxygens (including phenoxy) is 2. The molecule has 4 heterocycles. The number of carboxylic acid groups (broad SMARTS) is 1. The van der Waals surface area contributed by atoms with Gasteiger partial charge in [0.25, 0.3) is 0 Å². The van der Waals surface area contributed by atoms with E-state index >= 15 is 0 Å². The molecule has 2 bridgehead atoms. The third kappa shape index (κ3) is 3.60. The Balaban J connectivity index is 1.59. The first-order valence-corrected chi connectivity index (χ1v) is 11.7. The molecule has 1 unspecified atom stereocenters. The van der Waals surface area contributed by atoms with Crippen molar-refractivity contribution in [3.63, 3.8) is 0 Å². The average molecular weight is 450 g/mol. The van der Waals surface area contributed by atoms with Crippen LogP contribution in [0.25, 0.3) is 10.9 Å². The Morgan fingerprint density at radius 1 is 1.36 bits per heavy atom. The summed E-state index contributed by atoms with van der Waals surface area (Å²) in [6.45, 7) is 5.57. The van der Waals surface area contributed by atoms with Crippen LogP contribution in [-0.2, 0) is 16.8 Å². The highest BCUT2D eigenvalue weighted by atomic mass is 16.5. The number of carbonyl (C=O) groups is 1. The van der Waals surface area contributed by atoms with Gasteiger partial charge in [0.05, 0.1) is 30.0 Å². The molecular formula is C26H31N3O4. The zero-order chi connectivity index (χ0) is 23.2. The molecule has 2 aliphatic heterocycles. The summed E-state index contributed by atoms with van der Waals surface area (Å²) in [5, 5.41) is 10.5. The maximum absolute atomic E-state index is 11.4. The summed E-state index contributed by atoms with van der Waals surface area (Å²) in [6, 6.07) is 8.17. The molecular weight excluding hydrogens is 418 g/mol. The molecule has 1 aromatic carbocycles. The van der Waals surface area contributed by atoms with Crippen molar-refractivity contribution < 1.29 is 19.4 Å². The number of methoxy groups -OCH3 is 1. The lowest BCUT2D eigenvalue weighted by Gasteiger charge is -2.47. The Labute approximate surface area is 193 Å². The summed E-state index contributed by atoms with van der Waals surface area (Å²) in [5.74, 6) is -0.0574. The van der Waals surface area contributed by atoms with E-state index in [9.17, 15) is 9.90 Å². The second-order valence-corrected chi connectivity index (χ2v) is 9.25. The van der Waals surface area contributed by atoms with E-state index in [0.717, 1.165) is 54.8 Å². The van der Waals surface area contributed by atoms with Crippen LogP contribution in [0.15, 0.2) is 36.7 Å². The summed E-state index contributed by atoms with van der Waals surface area (Å²) < 4.78 is 11.9. The van der Waals surface area contributed by atoms with Gasteiger partial charge in [-0.2, -0.15) is 0 Å². The van der Waals surface area contributed by atoms with Gasteiger partial charge in [-0.1, -0.05) is 0 Å². The van der Waals surface area contributed by atoms with E-state index in [1.165, 1.54) is 17.1 Å². The summed E-state index contributed by atoms with van der Waals surface area (Å²) in [7, 11) is 1.73. The SMILES string of the molecule is CCO[C@@H]1C[C@@H]2CCC(c3ccc(C(=O)O)cn3)(C1)N2Cc1c(OC)cc(C)c2[nH]ccc12. The number of benzene rings is 1. The lowest BCUT2D eigenvalue weighted by molar-refractivity contribution is -0.0608. The third-order valence-electron chi connectivity index (χ3n) is 7.53. The molecule has 0 aliphatic carbocycles. The molecule has 2 fully saturated rings. The number of aryl methyl sites for hydroxylation is 1. The lowest BCUT2D eigenvalue weighted by atomic mass is 9.82. The van der Waals surface area contributed by atoms with Crippen LogP contribution in [0, 0.1) is 6.92 Å². The first-order chi connectivity index (χ1) is 16.0. The molecule has 5 rings (SSSR count). The average Bonchev–Trinajstić information content (AvgIpc) is 3.38. The molecule has 33 heavy (non-hydrogen) atoms. The second-order valence-electron chi connectivity index (χ2n) is 9.25. The quantitative estimate of drug-likeness (QED) is 0.547. The Morgan fingerprint density at radius 2 is 2.21 bits per heavy atom. The van der Waals surface area contributed by atoms with Crippen molar-refractivity contribution in [2.24, 2.45) is 0 Å². The van der Waals surface area contributed by atoms with Gasteiger partial charge < -0.3 is 19.6 Å². The Kier molecular flexibility index (Phi) is 5.62. The van der Waals surface area contributed by atoms with Crippen molar-refractivity contribution in [1.82, 2.24) is 14.9 Å². The van der Waals surface area contributed by atoms with Gasteiger partial charge in [0.15, 0.2) is 0 Å². The molecule has 2 saturated heterocycles. The van der Waals surface area contributed by atoms with Gasteiger partial charge in [-0.25, -0.2) is 4.79 Å². The Bertz CT molecular complexity index is 1170. The van der Waals surface area contributed by atoms with E-state index in [2.05, 4.69) is 33.9 Å². The van der Waals surface area contributed by atoms with Gasteiger partial charge in [0.2, 0.25) is 0 Å². The number of piperidine rings is 1. The van der Waals surface area contributed by atoms with Crippen LogP contribution in [0.4, 0.5) is 0 Å². The number of aromatic nitrogens is 2. The number of aromatic carboxylic acids is 1. The topological polar surface area (TPSA) is 87.7 Å². The molecule has 0 amide bonds. The number of nitrogens with zero attached hydrogens (tertiary/aromatic N) is 2. The molecule has 3 atom stereocenters. The molecule has 0 saturated carbocycles. The molecule has 174 valence electrons. The van der Waals surface area contributed by atoms with Crippen molar-refractivity contribution in [2.75, 3.05) is 13.7 Å². The first-order valence-electron chi connectivity index (χ1n) is 11.7. The highest BCUT2D eigenvalue weighted by molar-refractivity contribution is 5.88. The number of nitrogens with one attached hydrogen (secondary N) is 1. The molecule has 3 aromatic rings. The van der Waals surface area contributed by atoms with Crippen LogP contribution in [0.2, 0.25) is 0 Å². The molecule has 7 nitrogen and oxygen atoms in total. The minimum Gasteiger partial charge on any atom is -0.496 e. The largest absolute Gasteiger partial charge is 0.496 e. The molecule has 2 N–H and O–H groups in total. The minimum atomic E-state index is -0.956. The van der Waals surface area contributed by atoms with E-state index in [0.29, 0.717) is 12.6 Å². The summed E-state index contributed by atoms with van der Waals surface area (Å²) in [6.07, 6.45) is 7.53. The number of pyridine rings is 1. The van der Waals surface area contributed by atoms with E-state index in [4.69, 9.17) is 9.47 Å². The third-order valence-corrected chi connectivity index (χ3v) is 7.53. The smallest absolute Gasteiger partial charge is 0.337 e. The fourth-order valence-corrected chi connectivity index (χ4v) is 6.05. The van der Waals surface area contributed by atoms with Gasteiger partial charge in [-0.3, -0.25) is 9.88 Å². The lowest BCUT2D eigenvalue weighted by Crippen LogP contribution is -2.52. The predicted octanol–water partition coefficient (Wildman–Crippen LogP) is 4.64. The highest BCUT2D eigenvalue weighted by Crippen LogP contribution is 2.52. The van der Waals surface area contributed by atoms with Crippen LogP contribution in [-0.4, -0.2) is 51.8 Å². The van der Waals surface area contributed by atoms with Gasteiger partial charge >= 0.3 is 5.97 Å². The van der Waals surface area contributed by atoms with Crippen molar-refractivity contribution in [1.29, 1.82) is 0 Å². The summed E-state index contributed by atoms with van der Waals surface area (Å²) in [5.41, 5.74) is 4.32. The summed E-state index contributed by atoms with van der Waals surface area (Å²) >= 11 is 0. The number of aromatic amines is 1. The van der Waals surface area contributed by atoms with E-state index in [1.54, 1.807) is 13.2 Å². The maximum atomic E-state index is 11.4. The molecule has 0 spiro atoms. The normalized spacial score (nSPS) is 24.9. The fourth-order valence-electron chi connectivity index (χ4n) is 6.05. The van der Waals surface area contributed by atoms with Gasteiger partial charge in [-0.15, -0.1) is 0 Å². The zero-order valence-corrected chi connectivity index (χ0v) is 19.4. The minimum absolute atomic E-state index is 0.173. The maximum Gasteiger partial charge on any atom is 0.337 e.